The summed E-state index contributed by atoms with van der Waals surface area (Å²) >= 11 is 0. The molecule has 0 spiro atoms. The maximum atomic E-state index is 13.0. The van der Waals surface area contributed by atoms with Crippen molar-refractivity contribution in [2.75, 3.05) is 5.32 Å². The minimum absolute atomic E-state index is 0.477. The molecule has 4 nitrogen and oxygen atoms in total. The second-order valence-electron chi connectivity index (χ2n) is 5.12. The Morgan fingerprint density at radius 2 is 1.95 bits per heavy atom. The van der Waals surface area contributed by atoms with Crippen LogP contribution in [-0.4, -0.2) is 14.5 Å². The van der Waals surface area contributed by atoms with Gasteiger partial charge in [-0.05, 0) is 30.2 Å². The molecule has 0 bridgehead atoms. The molecule has 0 aliphatic carbocycles. The highest BCUT2D eigenvalue weighted by molar-refractivity contribution is 5.35. The molecule has 1 aromatic carbocycles. The van der Waals surface area contributed by atoms with Gasteiger partial charge >= 0.3 is 0 Å². The minimum atomic E-state index is -0.477. The van der Waals surface area contributed by atoms with Gasteiger partial charge in [0.05, 0.1) is 0 Å². The van der Waals surface area contributed by atoms with Gasteiger partial charge in [0.2, 0.25) is 5.95 Å². The fourth-order valence-electron chi connectivity index (χ4n) is 2.30. The first kappa shape index (κ1) is 14.3. The maximum absolute atomic E-state index is 13.0. The standard InChI is InChI=1S/C17H17FN4/c1-13-19-8-9-22(13)12-15-5-2-4-14(10-15)11-20-17-7-3-6-16(18)21-17/h2-10H,11-12H2,1H3,(H,20,21). The number of imidazole rings is 1. The molecule has 0 saturated heterocycles. The van der Waals surface area contributed by atoms with Crippen LogP contribution >= 0.6 is 0 Å². The lowest BCUT2D eigenvalue weighted by Crippen LogP contribution is -2.04. The molecule has 3 aromatic rings. The molecule has 0 atom stereocenters. The molecular weight excluding hydrogens is 279 g/mol. The summed E-state index contributed by atoms with van der Waals surface area (Å²) in [6, 6.07) is 13.0. The lowest BCUT2D eigenvalue weighted by molar-refractivity contribution is 0.585. The number of hydrogen-bond donors (Lipinski definition) is 1. The van der Waals surface area contributed by atoms with Crippen LogP contribution < -0.4 is 5.32 Å². The summed E-state index contributed by atoms with van der Waals surface area (Å²) in [6.45, 7) is 3.38. The summed E-state index contributed by atoms with van der Waals surface area (Å²) in [7, 11) is 0. The van der Waals surface area contributed by atoms with Gasteiger partial charge in [-0.1, -0.05) is 30.3 Å². The van der Waals surface area contributed by atoms with Crippen LogP contribution in [0, 0.1) is 12.9 Å². The molecule has 0 unspecified atom stereocenters. The largest absolute Gasteiger partial charge is 0.366 e. The van der Waals surface area contributed by atoms with E-state index >= 15 is 0 Å². The predicted octanol–water partition coefficient (Wildman–Crippen LogP) is 3.39. The van der Waals surface area contributed by atoms with Gasteiger partial charge < -0.3 is 9.88 Å². The summed E-state index contributed by atoms with van der Waals surface area (Å²) in [6.07, 6.45) is 3.77. The molecule has 0 aliphatic rings. The van der Waals surface area contributed by atoms with E-state index in [4.69, 9.17) is 0 Å². The van der Waals surface area contributed by atoms with Gasteiger partial charge in [-0.2, -0.15) is 4.39 Å². The number of halogens is 1. The van der Waals surface area contributed by atoms with E-state index < -0.39 is 5.95 Å². The van der Waals surface area contributed by atoms with Crippen molar-refractivity contribution < 1.29 is 4.39 Å². The highest BCUT2D eigenvalue weighted by Crippen LogP contribution is 2.11. The predicted molar refractivity (Wildman–Crippen MR) is 84.0 cm³/mol. The third kappa shape index (κ3) is 3.49. The Morgan fingerprint density at radius 3 is 2.73 bits per heavy atom. The van der Waals surface area contributed by atoms with Gasteiger partial charge in [0.15, 0.2) is 0 Å². The Labute approximate surface area is 128 Å². The third-order valence-corrected chi connectivity index (χ3v) is 3.46. The summed E-state index contributed by atoms with van der Waals surface area (Å²) in [5.74, 6) is 1.05. The molecular formula is C17H17FN4. The Bertz CT molecular complexity index is 767. The topological polar surface area (TPSA) is 42.7 Å². The third-order valence-electron chi connectivity index (χ3n) is 3.46. The maximum Gasteiger partial charge on any atom is 0.214 e. The summed E-state index contributed by atoms with van der Waals surface area (Å²) in [5, 5.41) is 3.13. The zero-order chi connectivity index (χ0) is 15.4. The molecule has 5 heteroatoms. The van der Waals surface area contributed by atoms with E-state index in [1.165, 1.54) is 11.6 Å². The first-order valence-electron chi connectivity index (χ1n) is 7.13. The zero-order valence-corrected chi connectivity index (χ0v) is 12.3. The number of hydrogen-bond acceptors (Lipinski definition) is 3. The highest BCUT2D eigenvalue weighted by Gasteiger charge is 2.01. The number of nitrogens with zero attached hydrogens (tertiary/aromatic N) is 3. The van der Waals surface area contributed by atoms with E-state index in [0.29, 0.717) is 12.4 Å². The number of benzene rings is 1. The van der Waals surface area contributed by atoms with Crippen LogP contribution in [0.3, 0.4) is 0 Å². The molecule has 3 rings (SSSR count). The minimum Gasteiger partial charge on any atom is -0.366 e. The molecule has 22 heavy (non-hydrogen) atoms. The van der Waals surface area contributed by atoms with Crippen LogP contribution in [0.15, 0.2) is 54.9 Å². The Hall–Kier alpha value is -2.69. The average Bonchev–Trinajstić information content (AvgIpc) is 2.91. The van der Waals surface area contributed by atoms with Crippen molar-refractivity contribution in [3.63, 3.8) is 0 Å². The van der Waals surface area contributed by atoms with Crippen molar-refractivity contribution in [1.82, 2.24) is 14.5 Å². The number of nitrogens with one attached hydrogen (secondary N) is 1. The molecule has 0 fully saturated rings. The molecule has 2 aromatic heterocycles. The van der Waals surface area contributed by atoms with Crippen LogP contribution in [0.5, 0.6) is 0 Å². The van der Waals surface area contributed by atoms with Crippen molar-refractivity contribution in [2.45, 2.75) is 20.0 Å². The quantitative estimate of drug-likeness (QED) is 0.734. The van der Waals surface area contributed by atoms with E-state index in [9.17, 15) is 4.39 Å². The number of anilines is 1. The van der Waals surface area contributed by atoms with Crippen LogP contribution in [-0.2, 0) is 13.1 Å². The van der Waals surface area contributed by atoms with E-state index in [2.05, 4.69) is 32.0 Å². The van der Waals surface area contributed by atoms with Gasteiger partial charge in [0.1, 0.15) is 11.6 Å². The number of rotatable bonds is 5. The summed E-state index contributed by atoms with van der Waals surface area (Å²) < 4.78 is 15.1. The van der Waals surface area contributed by atoms with Crippen LogP contribution in [0.4, 0.5) is 10.2 Å². The molecule has 2 heterocycles. The van der Waals surface area contributed by atoms with Crippen molar-refractivity contribution in [3.8, 4) is 0 Å². The molecule has 0 saturated carbocycles. The lowest BCUT2D eigenvalue weighted by atomic mass is 10.1. The smallest absolute Gasteiger partial charge is 0.214 e. The van der Waals surface area contributed by atoms with Crippen molar-refractivity contribution >= 4 is 5.82 Å². The molecule has 0 amide bonds. The first-order valence-corrected chi connectivity index (χ1v) is 7.13. The van der Waals surface area contributed by atoms with E-state index in [1.54, 1.807) is 18.3 Å². The van der Waals surface area contributed by atoms with Crippen molar-refractivity contribution in [2.24, 2.45) is 0 Å². The first-order chi connectivity index (χ1) is 10.7. The van der Waals surface area contributed by atoms with Crippen LogP contribution in [0.2, 0.25) is 0 Å². The lowest BCUT2D eigenvalue weighted by Gasteiger charge is -2.09. The van der Waals surface area contributed by atoms with Crippen LogP contribution in [0.25, 0.3) is 0 Å². The van der Waals surface area contributed by atoms with E-state index in [0.717, 1.165) is 17.9 Å². The molecule has 0 aliphatic heterocycles. The number of aromatic nitrogens is 3. The highest BCUT2D eigenvalue weighted by atomic mass is 19.1. The molecule has 0 radical (unpaired) electrons. The number of aryl methyl sites for hydroxylation is 1. The second kappa shape index (κ2) is 6.39. The fourth-order valence-corrected chi connectivity index (χ4v) is 2.30. The SMILES string of the molecule is Cc1nccn1Cc1cccc(CNc2cccc(F)n2)c1. The van der Waals surface area contributed by atoms with E-state index in [1.807, 2.05) is 25.3 Å². The molecule has 1 N–H and O–H groups in total. The average molecular weight is 296 g/mol. The van der Waals surface area contributed by atoms with Gasteiger partial charge in [0, 0.05) is 25.5 Å². The Balaban J connectivity index is 1.67. The zero-order valence-electron chi connectivity index (χ0n) is 12.3. The monoisotopic (exact) mass is 296 g/mol. The van der Waals surface area contributed by atoms with Crippen LogP contribution in [0.1, 0.15) is 17.0 Å². The normalized spacial score (nSPS) is 10.6. The van der Waals surface area contributed by atoms with E-state index in [-0.39, 0.29) is 0 Å². The van der Waals surface area contributed by atoms with Gasteiger partial charge in [0.25, 0.3) is 0 Å². The Morgan fingerprint density at radius 1 is 1.14 bits per heavy atom. The summed E-state index contributed by atoms with van der Waals surface area (Å²) in [5.41, 5.74) is 2.33. The van der Waals surface area contributed by atoms with Crippen molar-refractivity contribution in [3.05, 3.63) is 77.8 Å². The Kier molecular flexibility index (Phi) is 4.14. The van der Waals surface area contributed by atoms with Gasteiger partial charge in [-0.3, -0.25) is 0 Å². The van der Waals surface area contributed by atoms with Gasteiger partial charge in [-0.25, -0.2) is 9.97 Å². The second-order valence-corrected chi connectivity index (χ2v) is 5.12. The number of pyridine rings is 1. The fraction of sp³-hybridized carbons (Fsp3) is 0.176. The molecule has 112 valence electrons. The van der Waals surface area contributed by atoms with Crippen molar-refractivity contribution in [1.29, 1.82) is 0 Å². The van der Waals surface area contributed by atoms with Gasteiger partial charge in [-0.15, -0.1) is 0 Å². The summed E-state index contributed by atoms with van der Waals surface area (Å²) in [4.78, 5) is 8.02.